The molecule has 3 aromatic rings. The molecule has 0 unspecified atom stereocenters. The van der Waals surface area contributed by atoms with Crippen molar-refractivity contribution in [3.8, 4) is 0 Å². The molecule has 0 fully saturated rings. The van der Waals surface area contributed by atoms with Crippen molar-refractivity contribution in [3.05, 3.63) is 82.5 Å². The van der Waals surface area contributed by atoms with E-state index in [1.807, 2.05) is 42.5 Å². The summed E-state index contributed by atoms with van der Waals surface area (Å²) in [5.41, 5.74) is 2.23. The third-order valence-electron chi connectivity index (χ3n) is 4.21. The molecule has 2 aromatic carbocycles. The van der Waals surface area contributed by atoms with E-state index >= 15 is 0 Å². The number of aryl methyl sites for hydroxylation is 2. The van der Waals surface area contributed by atoms with Crippen molar-refractivity contribution in [1.82, 2.24) is 15.1 Å². The smallest absolute Gasteiger partial charge is 0.272 e. The van der Waals surface area contributed by atoms with Crippen LogP contribution in [0.2, 0.25) is 5.02 Å². The Labute approximate surface area is 168 Å². The molecule has 0 spiro atoms. The van der Waals surface area contributed by atoms with Crippen molar-refractivity contribution in [1.29, 1.82) is 0 Å². The van der Waals surface area contributed by atoms with Crippen LogP contribution in [-0.4, -0.2) is 21.6 Å². The first-order chi connectivity index (χ1) is 13.5. The van der Waals surface area contributed by atoms with Gasteiger partial charge in [0.15, 0.2) is 5.69 Å². The summed E-state index contributed by atoms with van der Waals surface area (Å²) in [5, 5.41) is 10.4. The third kappa shape index (κ3) is 5.44. The monoisotopic (exact) mass is 396 g/mol. The third-order valence-corrected chi connectivity index (χ3v) is 4.44. The highest BCUT2D eigenvalue weighted by atomic mass is 35.5. The first-order valence-corrected chi connectivity index (χ1v) is 9.29. The van der Waals surface area contributed by atoms with Crippen molar-refractivity contribution in [2.45, 2.75) is 19.4 Å². The van der Waals surface area contributed by atoms with E-state index in [1.54, 1.807) is 25.2 Å². The van der Waals surface area contributed by atoms with E-state index < -0.39 is 0 Å². The largest absolute Gasteiger partial charge is 0.347 e. The molecule has 2 amide bonds. The molecule has 7 heteroatoms. The number of nitrogens with zero attached hydrogens (tertiary/aromatic N) is 2. The fourth-order valence-corrected chi connectivity index (χ4v) is 2.94. The number of hydrogen-bond donors (Lipinski definition) is 2. The Bertz CT molecular complexity index is 970. The van der Waals surface area contributed by atoms with Gasteiger partial charge in [-0.2, -0.15) is 5.10 Å². The van der Waals surface area contributed by atoms with Crippen LogP contribution in [0.4, 0.5) is 5.82 Å². The van der Waals surface area contributed by atoms with Crippen LogP contribution in [0.25, 0.3) is 0 Å². The molecule has 28 heavy (non-hydrogen) atoms. The number of halogens is 1. The Morgan fingerprint density at radius 1 is 1.04 bits per heavy atom. The molecule has 0 saturated heterocycles. The molecular weight excluding hydrogens is 376 g/mol. The van der Waals surface area contributed by atoms with E-state index in [4.69, 9.17) is 11.6 Å². The zero-order chi connectivity index (χ0) is 19.9. The second kappa shape index (κ2) is 9.19. The Morgan fingerprint density at radius 3 is 2.54 bits per heavy atom. The van der Waals surface area contributed by atoms with Crippen LogP contribution in [0, 0.1) is 0 Å². The standard InChI is InChI=1S/C21H21ClN4O2/c1-26-19(24-20(27)11-10-15-6-3-2-4-7-15)13-18(25-26)21(28)23-14-16-8-5-9-17(22)12-16/h2-9,12-13H,10-11,14H2,1H3,(H,23,28)(H,24,27). The number of nitrogens with one attached hydrogen (secondary N) is 2. The lowest BCUT2D eigenvalue weighted by Gasteiger charge is -2.05. The van der Waals surface area contributed by atoms with Crippen LogP contribution >= 0.6 is 11.6 Å². The zero-order valence-corrected chi connectivity index (χ0v) is 16.2. The lowest BCUT2D eigenvalue weighted by molar-refractivity contribution is -0.116. The number of carbonyl (C=O) groups is 2. The van der Waals surface area contributed by atoms with Crippen molar-refractivity contribution >= 4 is 29.2 Å². The number of benzene rings is 2. The van der Waals surface area contributed by atoms with Crippen LogP contribution in [0.3, 0.4) is 0 Å². The molecule has 2 N–H and O–H groups in total. The van der Waals surface area contributed by atoms with Crippen molar-refractivity contribution in [3.63, 3.8) is 0 Å². The highest BCUT2D eigenvalue weighted by molar-refractivity contribution is 6.30. The molecule has 0 bridgehead atoms. The highest BCUT2D eigenvalue weighted by Crippen LogP contribution is 2.13. The topological polar surface area (TPSA) is 76.0 Å². The molecular formula is C21H21ClN4O2. The summed E-state index contributed by atoms with van der Waals surface area (Å²) in [7, 11) is 1.68. The average molecular weight is 397 g/mol. The number of anilines is 1. The first kappa shape index (κ1) is 19.6. The summed E-state index contributed by atoms with van der Waals surface area (Å²) in [4.78, 5) is 24.5. The second-order valence-corrected chi connectivity index (χ2v) is 6.82. The number of rotatable bonds is 7. The minimum Gasteiger partial charge on any atom is -0.347 e. The molecule has 6 nitrogen and oxygen atoms in total. The van der Waals surface area contributed by atoms with Gasteiger partial charge >= 0.3 is 0 Å². The fourth-order valence-electron chi connectivity index (χ4n) is 2.72. The summed E-state index contributed by atoms with van der Waals surface area (Å²) < 4.78 is 1.48. The Morgan fingerprint density at radius 2 is 1.79 bits per heavy atom. The molecule has 1 aromatic heterocycles. The van der Waals surface area contributed by atoms with Crippen molar-refractivity contribution in [2.24, 2.45) is 7.05 Å². The highest BCUT2D eigenvalue weighted by Gasteiger charge is 2.14. The Hall–Kier alpha value is -3.12. The van der Waals surface area contributed by atoms with Gasteiger partial charge in [-0.05, 0) is 29.7 Å². The molecule has 1 heterocycles. The van der Waals surface area contributed by atoms with Gasteiger partial charge in [-0.15, -0.1) is 0 Å². The maximum atomic E-state index is 12.3. The van der Waals surface area contributed by atoms with Crippen LogP contribution in [0.1, 0.15) is 28.0 Å². The van der Waals surface area contributed by atoms with Gasteiger partial charge in [-0.1, -0.05) is 54.1 Å². The van der Waals surface area contributed by atoms with E-state index in [0.717, 1.165) is 11.1 Å². The van der Waals surface area contributed by atoms with E-state index in [1.165, 1.54) is 4.68 Å². The molecule has 0 aliphatic rings. The van der Waals surface area contributed by atoms with Gasteiger partial charge in [0.25, 0.3) is 5.91 Å². The van der Waals surface area contributed by atoms with Crippen LogP contribution in [0.15, 0.2) is 60.7 Å². The quantitative estimate of drug-likeness (QED) is 0.641. The predicted octanol–water partition coefficient (Wildman–Crippen LogP) is 3.57. The lowest BCUT2D eigenvalue weighted by atomic mass is 10.1. The molecule has 0 atom stereocenters. The predicted molar refractivity (Wildman–Crippen MR) is 109 cm³/mol. The number of carbonyl (C=O) groups excluding carboxylic acids is 2. The number of amides is 2. The maximum absolute atomic E-state index is 12.3. The maximum Gasteiger partial charge on any atom is 0.272 e. The van der Waals surface area contributed by atoms with E-state index in [0.29, 0.717) is 30.2 Å². The van der Waals surface area contributed by atoms with Gasteiger partial charge in [0.2, 0.25) is 5.91 Å². The summed E-state index contributed by atoms with van der Waals surface area (Å²) in [6, 6.07) is 18.6. The second-order valence-electron chi connectivity index (χ2n) is 6.38. The van der Waals surface area contributed by atoms with E-state index in [2.05, 4.69) is 15.7 Å². The van der Waals surface area contributed by atoms with Gasteiger partial charge in [0, 0.05) is 31.1 Å². The molecule has 3 rings (SSSR count). The minimum absolute atomic E-state index is 0.127. The van der Waals surface area contributed by atoms with Crippen LogP contribution in [0.5, 0.6) is 0 Å². The fraction of sp³-hybridized carbons (Fsp3) is 0.190. The molecule has 0 aliphatic carbocycles. The summed E-state index contributed by atoms with van der Waals surface area (Å²) in [5.74, 6) is 0.0315. The normalized spacial score (nSPS) is 10.5. The SMILES string of the molecule is Cn1nc(C(=O)NCc2cccc(Cl)c2)cc1NC(=O)CCc1ccccc1. The molecule has 0 saturated carbocycles. The lowest BCUT2D eigenvalue weighted by Crippen LogP contribution is -2.23. The molecule has 144 valence electrons. The average Bonchev–Trinajstić information content (AvgIpc) is 3.06. The van der Waals surface area contributed by atoms with Crippen LogP contribution < -0.4 is 10.6 Å². The summed E-state index contributed by atoms with van der Waals surface area (Å²) in [6.45, 7) is 0.342. The van der Waals surface area contributed by atoms with E-state index in [-0.39, 0.29) is 17.5 Å². The van der Waals surface area contributed by atoms with E-state index in [9.17, 15) is 9.59 Å². The van der Waals surface area contributed by atoms with Crippen molar-refractivity contribution < 1.29 is 9.59 Å². The van der Waals surface area contributed by atoms with Gasteiger partial charge in [0.05, 0.1) is 0 Å². The van der Waals surface area contributed by atoms with Crippen molar-refractivity contribution in [2.75, 3.05) is 5.32 Å². The Balaban J connectivity index is 1.54. The Kier molecular flexibility index (Phi) is 6.45. The minimum atomic E-state index is -0.319. The molecule has 0 aliphatic heterocycles. The zero-order valence-electron chi connectivity index (χ0n) is 15.5. The van der Waals surface area contributed by atoms with Gasteiger partial charge in [-0.25, -0.2) is 0 Å². The van der Waals surface area contributed by atoms with Gasteiger partial charge in [-0.3, -0.25) is 14.3 Å². The van der Waals surface area contributed by atoms with Gasteiger partial charge < -0.3 is 10.6 Å². The van der Waals surface area contributed by atoms with Crippen LogP contribution in [-0.2, 0) is 24.8 Å². The number of aromatic nitrogens is 2. The number of hydrogen-bond acceptors (Lipinski definition) is 3. The van der Waals surface area contributed by atoms with Gasteiger partial charge in [0.1, 0.15) is 5.82 Å². The summed E-state index contributed by atoms with van der Waals surface area (Å²) in [6.07, 6.45) is 1.00. The summed E-state index contributed by atoms with van der Waals surface area (Å²) >= 11 is 5.95. The molecule has 0 radical (unpaired) electrons. The first-order valence-electron chi connectivity index (χ1n) is 8.92.